The Balaban J connectivity index is 2.10. The first-order valence-corrected chi connectivity index (χ1v) is 5.34. The summed E-state index contributed by atoms with van der Waals surface area (Å²) in [5.41, 5.74) is 1.10. The summed E-state index contributed by atoms with van der Waals surface area (Å²) in [4.78, 5) is 4.23. The Morgan fingerprint density at radius 1 is 1.54 bits per heavy atom. The zero-order valence-corrected chi connectivity index (χ0v) is 9.17. The maximum Gasteiger partial charge on any atom is 0.216 e. The lowest BCUT2D eigenvalue weighted by Crippen LogP contribution is -2.25. The molecule has 2 rings (SSSR count). The Bertz CT molecular complexity index is 310. The number of aromatic nitrogens is 1. The van der Waals surface area contributed by atoms with E-state index in [0.29, 0.717) is 6.10 Å². The van der Waals surface area contributed by atoms with Crippen molar-refractivity contribution in [3.8, 4) is 5.88 Å². The van der Waals surface area contributed by atoms with Gasteiger partial charge in [0.15, 0.2) is 0 Å². The van der Waals surface area contributed by atoms with Crippen LogP contribution in [0.5, 0.6) is 5.88 Å². The summed E-state index contributed by atoms with van der Waals surface area (Å²) in [5, 5.41) is 0. The monoisotopic (exact) mass is 241 g/mol. The Hall–Kier alpha value is -0.570. The molecule has 0 aromatic carbocycles. The summed E-state index contributed by atoms with van der Waals surface area (Å²) in [6.45, 7) is 2.02. The molecule has 2 nitrogen and oxygen atoms in total. The zero-order valence-electron chi connectivity index (χ0n) is 7.59. The van der Waals surface area contributed by atoms with Gasteiger partial charge in [0.05, 0.1) is 0 Å². The van der Waals surface area contributed by atoms with Crippen LogP contribution in [0.1, 0.15) is 24.8 Å². The summed E-state index contributed by atoms with van der Waals surface area (Å²) in [7, 11) is 0. The lowest BCUT2D eigenvalue weighted by molar-refractivity contribution is 0.113. The average Bonchev–Trinajstić information content (AvgIpc) is 1.99. The van der Waals surface area contributed by atoms with Gasteiger partial charge in [-0.3, -0.25) is 0 Å². The number of hydrogen-bond acceptors (Lipinski definition) is 2. The van der Waals surface area contributed by atoms with Crippen LogP contribution < -0.4 is 4.74 Å². The Morgan fingerprint density at radius 2 is 2.31 bits per heavy atom. The first-order chi connectivity index (χ1) is 6.25. The van der Waals surface area contributed by atoms with Crippen molar-refractivity contribution in [1.82, 2.24) is 4.98 Å². The van der Waals surface area contributed by atoms with Crippen LogP contribution in [0.2, 0.25) is 0 Å². The molecule has 1 aromatic heterocycles. The van der Waals surface area contributed by atoms with Crippen LogP contribution in [-0.4, -0.2) is 11.1 Å². The Kier molecular flexibility index (Phi) is 2.54. The molecule has 1 heterocycles. The highest BCUT2D eigenvalue weighted by molar-refractivity contribution is 9.10. The van der Waals surface area contributed by atoms with Gasteiger partial charge in [-0.1, -0.05) is 0 Å². The fraction of sp³-hybridized carbons (Fsp3) is 0.500. The molecule has 1 saturated carbocycles. The van der Waals surface area contributed by atoms with Crippen molar-refractivity contribution >= 4 is 15.9 Å². The van der Waals surface area contributed by atoms with Crippen molar-refractivity contribution in [2.75, 3.05) is 0 Å². The molecule has 0 aliphatic heterocycles. The van der Waals surface area contributed by atoms with E-state index in [1.54, 1.807) is 6.20 Å². The van der Waals surface area contributed by atoms with Gasteiger partial charge in [0.2, 0.25) is 5.88 Å². The number of nitrogens with zero attached hydrogens (tertiary/aromatic N) is 1. The van der Waals surface area contributed by atoms with E-state index in [4.69, 9.17) is 4.74 Å². The minimum Gasteiger partial charge on any atom is -0.474 e. The van der Waals surface area contributed by atoms with Gasteiger partial charge in [-0.15, -0.1) is 0 Å². The van der Waals surface area contributed by atoms with Crippen molar-refractivity contribution in [3.63, 3.8) is 0 Å². The molecule has 13 heavy (non-hydrogen) atoms. The van der Waals surface area contributed by atoms with Crippen molar-refractivity contribution in [1.29, 1.82) is 0 Å². The molecule has 1 aromatic rings. The third kappa shape index (κ3) is 2.02. The van der Waals surface area contributed by atoms with E-state index in [2.05, 4.69) is 20.9 Å². The van der Waals surface area contributed by atoms with Crippen molar-refractivity contribution in [2.24, 2.45) is 0 Å². The van der Waals surface area contributed by atoms with Gasteiger partial charge < -0.3 is 4.74 Å². The molecule has 0 amide bonds. The second-order valence-corrected chi connectivity index (χ2v) is 4.36. The first kappa shape index (κ1) is 9.00. The molecular formula is C10H12BrNO. The summed E-state index contributed by atoms with van der Waals surface area (Å²) < 4.78 is 6.71. The molecule has 3 heteroatoms. The molecule has 0 radical (unpaired) electrons. The SMILES string of the molecule is Cc1cc(Br)cnc1OC1CCC1. The second-order valence-electron chi connectivity index (χ2n) is 3.45. The number of ether oxygens (including phenoxy) is 1. The van der Waals surface area contributed by atoms with Crippen LogP contribution in [0.3, 0.4) is 0 Å². The van der Waals surface area contributed by atoms with Gasteiger partial charge >= 0.3 is 0 Å². The average molecular weight is 242 g/mol. The molecule has 1 fully saturated rings. The van der Waals surface area contributed by atoms with Gasteiger partial charge in [0.25, 0.3) is 0 Å². The highest BCUT2D eigenvalue weighted by atomic mass is 79.9. The quantitative estimate of drug-likeness (QED) is 0.795. The van der Waals surface area contributed by atoms with E-state index in [1.807, 2.05) is 13.0 Å². The van der Waals surface area contributed by atoms with Crippen molar-refractivity contribution < 1.29 is 4.74 Å². The topological polar surface area (TPSA) is 22.1 Å². The van der Waals surface area contributed by atoms with Crippen LogP contribution in [-0.2, 0) is 0 Å². The van der Waals surface area contributed by atoms with Crippen LogP contribution in [0.4, 0.5) is 0 Å². The summed E-state index contributed by atoms with van der Waals surface area (Å²) in [6, 6.07) is 2.03. The van der Waals surface area contributed by atoms with E-state index < -0.39 is 0 Å². The molecule has 0 unspecified atom stereocenters. The van der Waals surface area contributed by atoms with Crippen molar-refractivity contribution in [2.45, 2.75) is 32.3 Å². The number of aryl methyl sites for hydroxylation is 1. The molecule has 1 aliphatic rings. The Labute approximate surface area is 86.5 Å². The highest BCUT2D eigenvalue weighted by Crippen LogP contribution is 2.26. The Morgan fingerprint density at radius 3 is 2.85 bits per heavy atom. The van der Waals surface area contributed by atoms with Crippen molar-refractivity contribution in [3.05, 3.63) is 22.3 Å². The van der Waals surface area contributed by atoms with Gasteiger partial charge in [-0.05, 0) is 48.2 Å². The lowest BCUT2D eigenvalue weighted by Gasteiger charge is -2.26. The maximum atomic E-state index is 5.70. The van der Waals surface area contributed by atoms with Gasteiger partial charge in [0, 0.05) is 16.2 Å². The summed E-state index contributed by atoms with van der Waals surface area (Å²) in [5.74, 6) is 0.785. The van der Waals surface area contributed by atoms with Crippen LogP contribution in [0.25, 0.3) is 0 Å². The normalized spacial score (nSPS) is 16.8. The third-order valence-electron chi connectivity index (χ3n) is 2.33. The summed E-state index contributed by atoms with van der Waals surface area (Å²) in [6.07, 6.45) is 5.84. The van der Waals surface area contributed by atoms with E-state index in [-0.39, 0.29) is 0 Å². The van der Waals surface area contributed by atoms with Crippen LogP contribution >= 0.6 is 15.9 Å². The minimum atomic E-state index is 0.410. The van der Waals surface area contributed by atoms with E-state index in [0.717, 1.165) is 15.9 Å². The predicted octanol–water partition coefficient (Wildman–Crippen LogP) is 3.08. The molecule has 0 atom stereocenters. The number of rotatable bonds is 2. The molecular weight excluding hydrogens is 230 g/mol. The smallest absolute Gasteiger partial charge is 0.216 e. The third-order valence-corrected chi connectivity index (χ3v) is 2.76. The van der Waals surface area contributed by atoms with Crippen LogP contribution in [0.15, 0.2) is 16.7 Å². The molecule has 0 bridgehead atoms. The molecule has 0 N–H and O–H groups in total. The summed E-state index contributed by atoms with van der Waals surface area (Å²) >= 11 is 3.38. The molecule has 0 saturated heterocycles. The second kappa shape index (κ2) is 3.66. The predicted molar refractivity (Wildman–Crippen MR) is 54.9 cm³/mol. The van der Waals surface area contributed by atoms with E-state index in [1.165, 1.54) is 19.3 Å². The van der Waals surface area contributed by atoms with Gasteiger partial charge in [-0.2, -0.15) is 0 Å². The molecule has 0 spiro atoms. The minimum absolute atomic E-state index is 0.410. The lowest BCUT2D eigenvalue weighted by atomic mass is 9.96. The number of pyridine rings is 1. The van der Waals surface area contributed by atoms with Crippen LogP contribution in [0, 0.1) is 6.92 Å². The fourth-order valence-electron chi connectivity index (χ4n) is 1.30. The molecule has 1 aliphatic carbocycles. The molecule has 70 valence electrons. The van der Waals surface area contributed by atoms with Gasteiger partial charge in [0.1, 0.15) is 6.10 Å². The standard InChI is InChI=1S/C10H12BrNO/c1-7-5-8(11)6-12-10(7)13-9-3-2-4-9/h5-6,9H,2-4H2,1H3. The maximum absolute atomic E-state index is 5.70. The number of hydrogen-bond donors (Lipinski definition) is 0. The fourth-order valence-corrected chi connectivity index (χ4v) is 1.74. The highest BCUT2D eigenvalue weighted by Gasteiger charge is 2.20. The number of halogens is 1. The first-order valence-electron chi connectivity index (χ1n) is 4.54. The van der Waals surface area contributed by atoms with E-state index in [9.17, 15) is 0 Å². The zero-order chi connectivity index (χ0) is 9.26. The van der Waals surface area contributed by atoms with Gasteiger partial charge in [-0.25, -0.2) is 4.98 Å². The van der Waals surface area contributed by atoms with E-state index >= 15 is 0 Å². The largest absolute Gasteiger partial charge is 0.474 e.